The number of benzene rings is 2. The van der Waals surface area contributed by atoms with Gasteiger partial charge >= 0.3 is 0 Å². The Labute approximate surface area is 118 Å². The molecule has 6 heteroatoms. The maximum Gasteiger partial charge on any atom is 0.255 e. The molecule has 2 aromatic carbocycles. The fourth-order valence-electron chi connectivity index (χ4n) is 1.47. The van der Waals surface area contributed by atoms with E-state index in [1.807, 2.05) is 0 Å². The Morgan fingerprint density at radius 3 is 2.74 bits per heavy atom. The number of carbonyl (C=O) groups is 1. The van der Waals surface area contributed by atoms with Gasteiger partial charge in [0.15, 0.2) is 0 Å². The lowest BCUT2D eigenvalue weighted by atomic mass is 10.2. The van der Waals surface area contributed by atoms with Crippen LogP contribution in [0.15, 0.2) is 47.4 Å². The highest BCUT2D eigenvalue weighted by atomic mass is 35.5. The van der Waals surface area contributed by atoms with E-state index in [9.17, 15) is 9.18 Å². The van der Waals surface area contributed by atoms with Gasteiger partial charge in [-0.3, -0.25) is 4.79 Å². The number of hydrogen-bond acceptors (Lipinski definition) is 3. The molecule has 0 saturated heterocycles. The van der Waals surface area contributed by atoms with Crippen LogP contribution in [-0.4, -0.2) is 10.5 Å². The van der Waals surface area contributed by atoms with Gasteiger partial charge in [-0.1, -0.05) is 17.7 Å². The van der Waals surface area contributed by atoms with Crippen LogP contribution in [-0.2, 0) is 0 Å². The van der Waals surface area contributed by atoms with Crippen molar-refractivity contribution in [3.8, 4) is 0 Å². The van der Waals surface area contributed by atoms with Gasteiger partial charge < -0.3 is 9.87 Å². The normalized spacial score (nSPS) is 10.3. The molecule has 1 amide bonds. The van der Waals surface area contributed by atoms with Crippen LogP contribution in [0.1, 0.15) is 10.4 Å². The monoisotopic (exact) mass is 297 g/mol. The van der Waals surface area contributed by atoms with Gasteiger partial charge in [0.1, 0.15) is 5.82 Å². The van der Waals surface area contributed by atoms with Gasteiger partial charge in [-0.15, -0.1) is 0 Å². The molecular weight excluding hydrogens is 289 g/mol. The van der Waals surface area contributed by atoms with E-state index < -0.39 is 5.82 Å². The first kappa shape index (κ1) is 13.9. The molecule has 0 aromatic heterocycles. The maximum atomic E-state index is 13.0. The molecular formula is C13H9ClFNO2S. The lowest BCUT2D eigenvalue weighted by Gasteiger charge is -2.06. The van der Waals surface area contributed by atoms with Gasteiger partial charge in [-0.25, -0.2) is 4.39 Å². The number of halogens is 2. The minimum Gasteiger partial charge on any atom is -0.325 e. The van der Waals surface area contributed by atoms with E-state index >= 15 is 0 Å². The van der Waals surface area contributed by atoms with E-state index in [4.69, 9.17) is 16.2 Å². The van der Waals surface area contributed by atoms with Crippen molar-refractivity contribution in [2.45, 2.75) is 4.90 Å². The van der Waals surface area contributed by atoms with Crippen molar-refractivity contribution in [2.24, 2.45) is 0 Å². The van der Waals surface area contributed by atoms with Crippen LogP contribution in [0.3, 0.4) is 0 Å². The van der Waals surface area contributed by atoms with Gasteiger partial charge in [0.2, 0.25) is 0 Å². The average Bonchev–Trinajstić information content (AvgIpc) is 2.43. The van der Waals surface area contributed by atoms with Gasteiger partial charge in [0.25, 0.3) is 5.91 Å². The summed E-state index contributed by atoms with van der Waals surface area (Å²) in [5, 5.41) is 2.54. The fourth-order valence-corrected chi connectivity index (χ4v) is 1.97. The van der Waals surface area contributed by atoms with Gasteiger partial charge in [-0.2, -0.15) is 0 Å². The second-order valence-electron chi connectivity index (χ2n) is 3.70. The Morgan fingerprint density at radius 2 is 2.05 bits per heavy atom. The molecule has 2 aromatic rings. The molecule has 0 unspecified atom stereocenters. The summed E-state index contributed by atoms with van der Waals surface area (Å²) in [6.07, 6.45) is 0. The number of nitrogens with one attached hydrogen (secondary N) is 1. The minimum atomic E-state index is -0.543. The molecule has 0 spiro atoms. The minimum absolute atomic E-state index is 0.0579. The molecule has 0 radical (unpaired) electrons. The largest absolute Gasteiger partial charge is 0.325 e. The molecule has 0 atom stereocenters. The van der Waals surface area contributed by atoms with Crippen molar-refractivity contribution in [3.63, 3.8) is 0 Å². The quantitative estimate of drug-likeness (QED) is 0.831. The number of amides is 1. The lowest BCUT2D eigenvalue weighted by Crippen LogP contribution is -2.11. The van der Waals surface area contributed by atoms with Gasteiger partial charge in [-0.05, 0) is 36.4 Å². The Hall–Kier alpha value is -1.56. The molecule has 2 N–H and O–H groups in total. The van der Waals surface area contributed by atoms with Crippen molar-refractivity contribution in [3.05, 3.63) is 58.9 Å². The second-order valence-corrected chi connectivity index (χ2v) is 4.76. The third kappa shape index (κ3) is 3.47. The van der Waals surface area contributed by atoms with Crippen LogP contribution in [0, 0.1) is 5.82 Å². The highest BCUT2D eigenvalue weighted by molar-refractivity contribution is 7.93. The Bertz CT molecular complexity index is 621. The van der Waals surface area contributed by atoms with Crippen LogP contribution in [0.5, 0.6) is 0 Å². The summed E-state index contributed by atoms with van der Waals surface area (Å²) in [5.41, 5.74) is 0.790. The summed E-state index contributed by atoms with van der Waals surface area (Å²) in [7, 11) is 0. The fraction of sp³-hybridized carbons (Fsp3) is 0. The number of carbonyl (C=O) groups excluding carboxylic acids is 1. The maximum absolute atomic E-state index is 13.0. The van der Waals surface area contributed by atoms with Crippen LogP contribution in [0.4, 0.5) is 10.1 Å². The summed E-state index contributed by atoms with van der Waals surface area (Å²) in [6, 6.07) is 10.4. The van der Waals surface area contributed by atoms with Crippen molar-refractivity contribution >= 4 is 35.2 Å². The molecule has 0 bridgehead atoms. The first-order valence-corrected chi connectivity index (χ1v) is 6.43. The van der Waals surface area contributed by atoms with E-state index in [0.717, 1.165) is 0 Å². The molecule has 0 aliphatic carbocycles. The number of rotatable bonds is 3. The summed E-state index contributed by atoms with van der Waals surface area (Å²) in [4.78, 5) is 12.5. The third-order valence-corrected chi connectivity index (χ3v) is 3.13. The first-order valence-electron chi connectivity index (χ1n) is 5.28. The van der Waals surface area contributed by atoms with Crippen molar-refractivity contribution < 1.29 is 13.7 Å². The molecule has 0 heterocycles. The summed E-state index contributed by atoms with van der Waals surface area (Å²) >= 11 is 6.19. The molecule has 0 saturated carbocycles. The predicted octanol–water partition coefficient (Wildman–Crippen LogP) is 4.30. The molecule has 0 fully saturated rings. The summed E-state index contributed by atoms with van der Waals surface area (Å²) in [5.74, 6) is -0.906. The zero-order valence-electron chi connectivity index (χ0n) is 9.56. The smallest absolute Gasteiger partial charge is 0.255 e. The number of hydrogen-bond donors (Lipinski definition) is 2. The van der Waals surface area contributed by atoms with E-state index in [1.165, 1.54) is 18.2 Å². The third-order valence-electron chi connectivity index (χ3n) is 2.38. The highest BCUT2D eigenvalue weighted by Crippen LogP contribution is 2.21. The summed E-state index contributed by atoms with van der Waals surface area (Å²) in [6.45, 7) is 0. The zero-order chi connectivity index (χ0) is 13.8. The first-order chi connectivity index (χ1) is 9.10. The molecule has 0 aliphatic rings. The molecule has 0 aliphatic heterocycles. The van der Waals surface area contributed by atoms with Crippen LogP contribution in [0.2, 0.25) is 5.02 Å². The Kier molecular flexibility index (Phi) is 4.42. The Balaban J connectivity index is 2.18. The van der Waals surface area contributed by atoms with Crippen molar-refractivity contribution in [1.29, 1.82) is 0 Å². The average molecular weight is 298 g/mol. The zero-order valence-corrected chi connectivity index (χ0v) is 11.1. The molecule has 3 nitrogen and oxygen atoms in total. The SMILES string of the molecule is O=C(Nc1ccc(F)c(Cl)c1)c1cccc(SO)c1. The van der Waals surface area contributed by atoms with E-state index in [-0.39, 0.29) is 10.9 Å². The van der Waals surface area contributed by atoms with E-state index in [1.54, 1.807) is 24.3 Å². The van der Waals surface area contributed by atoms with Crippen molar-refractivity contribution in [2.75, 3.05) is 5.32 Å². The van der Waals surface area contributed by atoms with E-state index in [0.29, 0.717) is 28.2 Å². The summed E-state index contributed by atoms with van der Waals surface area (Å²) < 4.78 is 21.9. The predicted molar refractivity (Wildman–Crippen MR) is 74.3 cm³/mol. The van der Waals surface area contributed by atoms with Crippen LogP contribution >= 0.6 is 23.6 Å². The molecule has 2 rings (SSSR count). The lowest BCUT2D eigenvalue weighted by molar-refractivity contribution is 0.102. The number of anilines is 1. The topological polar surface area (TPSA) is 49.3 Å². The van der Waals surface area contributed by atoms with Crippen molar-refractivity contribution in [1.82, 2.24) is 0 Å². The van der Waals surface area contributed by atoms with E-state index in [2.05, 4.69) is 5.32 Å². The second kappa shape index (κ2) is 6.06. The standard InChI is InChI=1S/C13H9ClFNO2S/c14-11-7-9(4-5-12(11)15)16-13(17)8-2-1-3-10(6-8)19-18/h1-7,18H,(H,16,17). The van der Waals surface area contributed by atoms with Crippen LogP contribution in [0.25, 0.3) is 0 Å². The molecule has 19 heavy (non-hydrogen) atoms. The molecule has 98 valence electrons. The van der Waals surface area contributed by atoms with Crippen LogP contribution < -0.4 is 5.32 Å². The highest BCUT2D eigenvalue weighted by Gasteiger charge is 2.08. The Morgan fingerprint density at radius 1 is 1.26 bits per heavy atom. The van der Waals surface area contributed by atoms with Gasteiger partial charge in [0, 0.05) is 28.2 Å². The van der Waals surface area contributed by atoms with Gasteiger partial charge in [0.05, 0.1) is 5.02 Å².